The van der Waals surface area contributed by atoms with Gasteiger partial charge in [-0.05, 0) is 82.1 Å². The van der Waals surface area contributed by atoms with E-state index in [0.29, 0.717) is 11.9 Å². The molecule has 30 heavy (non-hydrogen) atoms. The quantitative estimate of drug-likeness (QED) is 0.798. The van der Waals surface area contributed by atoms with E-state index in [9.17, 15) is 14.7 Å². The Morgan fingerprint density at radius 3 is 2.43 bits per heavy atom. The second kappa shape index (κ2) is 7.88. The van der Waals surface area contributed by atoms with Crippen molar-refractivity contribution in [2.75, 3.05) is 29.9 Å². The number of aliphatic hydroxyl groups is 1. The highest BCUT2D eigenvalue weighted by Crippen LogP contribution is 2.43. The zero-order valence-corrected chi connectivity index (χ0v) is 17.7. The maximum Gasteiger partial charge on any atom is 0.230 e. The van der Waals surface area contributed by atoms with Gasteiger partial charge in [0, 0.05) is 43.0 Å². The monoisotopic (exact) mass is 411 g/mol. The summed E-state index contributed by atoms with van der Waals surface area (Å²) < 4.78 is 0. The molecule has 1 atom stereocenters. The first-order chi connectivity index (χ1) is 14.5. The molecule has 1 unspecified atom stereocenters. The van der Waals surface area contributed by atoms with Gasteiger partial charge in [0.15, 0.2) is 0 Å². The Hall–Kier alpha value is -2.08. The molecule has 2 aliphatic carbocycles. The summed E-state index contributed by atoms with van der Waals surface area (Å²) in [5, 5.41) is 12.8. The molecule has 1 aromatic carbocycles. The molecule has 2 saturated heterocycles. The van der Waals surface area contributed by atoms with Gasteiger partial charge in [0.2, 0.25) is 11.8 Å². The van der Waals surface area contributed by atoms with E-state index in [2.05, 4.69) is 27.2 Å². The number of hydrogen-bond acceptors (Lipinski definition) is 4. The summed E-state index contributed by atoms with van der Waals surface area (Å²) in [7, 11) is 0. The second-order valence-electron chi connectivity index (χ2n) is 9.83. The summed E-state index contributed by atoms with van der Waals surface area (Å²) in [6, 6.07) is 8.41. The maximum absolute atomic E-state index is 13.5. The first-order valence-corrected chi connectivity index (χ1v) is 11.7. The number of amides is 2. The third-order valence-corrected chi connectivity index (χ3v) is 7.68. The molecule has 2 saturated carbocycles. The second-order valence-corrected chi connectivity index (χ2v) is 9.83. The van der Waals surface area contributed by atoms with Gasteiger partial charge in [-0.3, -0.25) is 9.59 Å². The highest BCUT2D eigenvalue weighted by molar-refractivity contribution is 5.94. The number of benzene rings is 1. The topological polar surface area (TPSA) is 72.9 Å². The highest BCUT2D eigenvalue weighted by Gasteiger charge is 2.50. The number of anilines is 2. The molecular weight excluding hydrogens is 378 g/mol. The van der Waals surface area contributed by atoms with Crippen LogP contribution < -0.4 is 10.2 Å². The van der Waals surface area contributed by atoms with Crippen molar-refractivity contribution in [3.05, 3.63) is 24.3 Å². The number of carbonyl (C=O) groups excluding carboxylic acids is 2. The van der Waals surface area contributed by atoms with Crippen molar-refractivity contribution in [3.8, 4) is 0 Å². The van der Waals surface area contributed by atoms with E-state index in [-0.39, 0.29) is 23.3 Å². The van der Waals surface area contributed by atoms with Crippen LogP contribution in [0.3, 0.4) is 0 Å². The van der Waals surface area contributed by atoms with Gasteiger partial charge in [0.05, 0.1) is 11.5 Å². The number of nitrogens with zero attached hydrogens (tertiary/aromatic N) is 2. The summed E-state index contributed by atoms with van der Waals surface area (Å²) in [5.41, 5.74) is 1.73. The molecule has 5 rings (SSSR count). The zero-order valence-electron chi connectivity index (χ0n) is 17.7. The molecule has 2 aliphatic heterocycles. The van der Waals surface area contributed by atoms with Gasteiger partial charge in [0.1, 0.15) is 0 Å². The third-order valence-electron chi connectivity index (χ3n) is 7.68. The number of piperidine rings is 1. The van der Waals surface area contributed by atoms with E-state index in [1.807, 2.05) is 12.1 Å². The summed E-state index contributed by atoms with van der Waals surface area (Å²) in [6.07, 6.45) is 8.27. The predicted octanol–water partition coefficient (Wildman–Crippen LogP) is 3.16. The Balaban J connectivity index is 1.24. The summed E-state index contributed by atoms with van der Waals surface area (Å²) in [4.78, 5) is 29.9. The third kappa shape index (κ3) is 3.82. The number of rotatable bonds is 4. The first kappa shape index (κ1) is 19.9. The van der Waals surface area contributed by atoms with Crippen molar-refractivity contribution in [2.45, 2.75) is 69.9 Å². The van der Waals surface area contributed by atoms with Crippen molar-refractivity contribution in [1.82, 2.24) is 4.90 Å². The van der Waals surface area contributed by atoms with Crippen LogP contribution in [-0.2, 0) is 9.59 Å². The lowest BCUT2D eigenvalue weighted by Crippen LogP contribution is -2.50. The van der Waals surface area contributed by atoms with E-state index in [1.54, 1.807) is 0 Å². The lowest BCUT2D eigenvalue weighted by Gasteiger charge is -2.41. The fourth-order valence-corrected chi connectivity index (χ4v) is 5.64. The molecule has 2 amide bonds. The summed E-state index contributed by atoms with van der Waals surface area (Å²) in [6.45, 7) is 2.61. The smallest absolute Gasteiger partial charge is 0.230 e. The van der Waals surface area contributed by atoms with Gasteiger partial charge >= 0.3 is 0 Å². The van der Waals surface area contributed by atoms with Crippen LogP contribution in [0.25, 0.3) is 0 Å². The van der Waals surface area contributed by atoms with E-state index in [4.69, 9.17) is 0 Å². The molecule has 2 heterocycles. The molecule has 1 aromatic rings. The average molecular weight is 412 g/mol. The highest BCUT2D eigenvalue weighted by atomic mass is 16.3. The van der Waals surface area contributed by atoms with Gasteiger partial charge < -0.3 is 20.2 Å². The lowest BCUT2D eigenvalue weighted by molar-refractivity contribution is -0.139. The zero-order chi connectivity index (χ0) is 20.7. The number of nitrogens with one attached hydrogen (secondary N) is 1. The van der Waals surface area contributed by atoms with Crippen molar-refractivity contribution < 1.29 is 14.7 Å². The maximum atomic E-state index is 13.5. The minimum Gasteiger partial charge on any atom is -0.393 e. The minimum atomic E-state index is -0.257. The van der Waals surface area contributed by atoms with Gasteiger partial charge in [0.25, 0.3) is 0 Å². The average Bonchev–Trinajstić information content (AvgIpc) is 3.57. The van der Waals surface area contributed by atoms with Crippen LogP contribution in [0.2, 0.25) is 0 Å². The van der Waals surface area contributed by atoms with E-state index in [0.717, 1.165) is 88.8 Å². The van der Waals surface area contributed by atoms with Crippen LogP contribution in [0.4, 0.5) is 11.4 Å². The molecular formula is C24H33N3O3. The Labute approximate surface area is 178 Å². The van der Waals surface area contributed by atoms with Gasteiger partial charge in [-0.25, -0.2) is 0 Å². The molecule has 6 heteroatoms. The minimum absolute atomic E-state index is 0.131. The lowest BCUT2D eigenvalue weighted by atomic mass is 9.78. The summed E-state index contributed by atoms with van der Waals surface area (Å²) >= 11 is 0. The van der Waals surface area contributed by atoms with Crippen molar-refractivity contribution in [2.24, 2.45) is 11.3 Å². The first-order valence-electron chi connectivity index (χ1n) is 11.7. The fraction of sp³-hybridized carbons (Fsp3) is 0.667. The Morgan fingerprint density at radius 1 is 1.00 bits per heavy atom. The van der Waals surface area contributed by atoms with Crippen LogP contribution >= 0.6 is 0 Å². The number of hydrogen-bond donors (Lipinski definition) is 2. The fourth-order valence-electron chi connectivity index (χ4n) is 5.64. The molecule has 4 aliphatic rings. The number of likely N-dealkylation sites (tertiary alicyclic amines) is 1. The van der Waals surface area contributed by atoms with Gasteiger partial charge in [-0.2, -0.15) is 0 Å². The van der Waals surface area contributed by atoms with Crippen LogP contribution in [0, 0.1) is 11.3 Å². The molecule has 0 bridgehead atoms. The van der Waals surface area contributed by atoms with E-state index < -0.39 is 0 Å². The van der Waals surface area contributed by atoms with Crippen LogP contribution in [-0.4, -0.2) is 53.6 Å². The van der Waals surface area contributed by atoms with Crippen LogP contribution in [0.1, 0.15) is 57.8 Å². The molecule has 0 aromatic heterocycles. The molecule has 162 valence electrons. The Kier molecular flexibility index (Phi) is 5.21. The Morgan fingerprint density at radius 2 is 1.73 bits per heavy atom. The molecule has 4 fully saturated rings. The van der Waals surface area contributed by atoms with Gasteiger partial charge in [-0.1, -0.05) is 0 Å². The van der Waals surface area contributed by atoms with Crippen LogP contribution in [0.15, 0.2) is 24.3 Å². The predicted molar refractivity (Wildman–Crippen MR) is 116 cm³/mol. The van der Waals surface area contributed by atoms with Crippen molar-refractivity contribution in [1.29, 1.82) is 0 Å². The Bertz CT molecular complexity index is 798. The molecule has 6 nitrogen and oxygen atoms in total. The molecule has 1 spiro atoms. The van der Waals surface area contributed by atoms with E-state index in [1.165, 1.54) is 0 Å². The standard InChI is InChI=1S/C24H33N3O3/c28-21-10-8-20(9-11-21)27-15-13-24(23(27)30)12-1-14-26(16-24)19-6-4-18(5-7-19)25-22(29)17-2-3-17/h4-7,17,20-21,28H,1-3,8-16H2,(H,25,29)/t20-,21-,24?. The largest absolute Gasteiger partial charge is 0.393 e. The molecule has 0 radical (unpaired) electrons. The summed E-state index contributed by atoms with van der Waals surface area (Å²) in [5.74, 6) is 0.670. The SMILES string of the molecule is O=C(Nc1ccc(N2CCCC3(CCN([C@H]4CC[C@H](O)CC4)C3=O)C2)cc1)C1CC1. The van der Waals surface area contributed by atoms with Crippen LogP contribution in [0.5, 0.6) is 0 Å². The van der Waals surface area contributed by atoms with Crippen molar-refractivity contribution in [3.63, 3.8) is 0 Å². The number of carbonyl (C=O) groups is 2. The molecule has 2 N–H and O–H groups in total. The van der Waals surface area contributed by atoms with Gasteiger partial charge in [-0.15, -0.1) is 0 Å². The van der Waals surface area contributed by atoms with Crippen molar-refractivity contribution >= 4 is 23.2 Å². The number of aliphatic hydroxyl groups excluding tert-OH is 1. The van der Waals surface area contributed by atoms with E-state index >= 15 is 0 Å². The normalized spacial score (nSPS) is 32.0.